The van der Waals surface area contributed by atoms with Crippen LogP contribution >= 0.6 is 11.8 Å². The molecule has 144 valence electrons. The number of hydrogen-bond donors (Lipinski definition) is 0. The molecular formula is C21H20N2O4S. The Hall–Kier alpha value is -2.80. The third kappa shape index (κ3) is 2.86. The molecule has 2 aromatic carbocycles. The first-order chi connectivity index (χ1) is 13.6. The summed E-state index contributed by atoms with van der Waals surface area (Å²) in [6, 6.07) is 11.1. The van der Waals surface area contributed by atoms with Gasteiger partial charge in [-0.05, 0) is 23.8 Å². The normalized spacial score (nSPS) is 19.4. The first-order valence-electron chi connectivity index (χ1n) is 8.95. The summed E-state index contributed by atoms with van der Waals surface area (Å²) in [6.45, 7) is 1.78. The lowest BCUT2D eigenvalue weighted by molar-refractivity contribution is -0.137. The van der Waals surface area contributed by atoms with Gasteiger partial charge in [0.2, 0.25) is 5.91 Å². The quantitative estimate of drug-likeness (QED) is 0.741. The molecule has 2 heterocycles. The van der Waals surface area contributed by atoms with Crippen molar-refractivity contribution in [3.8, 4) is 5.75 Å². The van der Waals surface area contributed by atoms with E-state index in [-0.39, 0.29) is 5.91 Å². The fraction of sp³-hybridized carbons (Fsp3) is 0.286. The number of ether oxygens (including phenoxy) is 2. The van der Waals surface area contributed by atoms with Crippen LogP contribution in [0.4, 0.5) is 0 Å². The number of carbonyl (C=O) groups excluding carboxylic acids is 2. The van der Waals surface area contributed by atoms with Crippen LogP contribution in [0.25, 0.3) is 10.8 Å². The Balaban J connectivity index is 2.05. The summed E-state index contributed by atoms with van der Waals surface area (Å²) in [4.78, 5) is 31.8. The molecule has 2 aliphatic rings. The summed E-state index contributed by atoms with van der Waals surface area (Å²) in [5.41, 5.74) is 1.68. The molecule has 2 aliphatic heterocycles. The van der Waals surface area contributed by atoms with Crippen LogP contribution in [0.1, 0.15) is 24.9 Å². The van der Waals surface area contributed by atoms with Crippen LogP contribution in [0.3, 0.4) is 0 Å². The number of nitrogens with zero attached hydrogens (tertiary/aromatic N) is 2. The van der Waals surface area contributed by atoms with Gasteiger partial charge in [-0.15, -0.1) is 0 Å². The number of aliphatic imine (C=N–C) groups is 1. The molecule has 0 N–H and O–H groups in total. The third-order valence-electron chi connectivity index (χ3n) is 5.04. The van der Waals surface area contributed by atoms with Crippen LogP contribution in [-0.2, 0) is 14.3 Å². The molecule has 1 saturated heterocycles. The number of esters is 1. The van der Waals surface area contributed by atoms with Crippen molar-refractivity contribution in [2.24, 2.45) is 4.99 Å². The Morgan fingerprint density at radius 2 is 2.00 bits per heavy atom. The number of amides is 1. The highest BCUT2D eigenvalue weighted by Gasteiger charge is 2.43. The Bertz CT molecular complexity index is 1040. The Morgan fingerprint density at radius 1 is 1.21 bits per heavy atom. The lowest BCUT2D eigenvalue weighted by Gasteiger charge is -2.39. The van der Waals surface area contributed by atoms with Crippen LogP contribution in [-0.4, -0.2) is 41.9 Å². The second kappa shape index (κ2) is 7.31. The number of carbonyl (C=O) groups is 2. The van der Waals surface area contributed by atoms with Crippen molar-refractivity contribution in [3.05, 3.63) is 53.2 Å². The number of amidine groups is 1. The van der Waals surface area contributed by atoms with Crippen molar-refractivity contribution >= 4 is 39.6 Å². The summed E-state index contributed by atoms with van der Waals surface area (Å²) in [6.07, 6.45) is 0.390. The average molecular weight is 396 g/mol. The van der Waals surface area contributed by atoms with Crippen LogP contribution in [0.2, 0.25) is 0 Å². The number of hydrogen-bond acceptors (Lipinski definition) is 6. The van der Waals surface area contributed by atoms with Gasteiger partial charge in [0, 0.05) is 17.7 Å². The van der Waals surface area contributed by atoms with E-state index in [0.717, 1.165) is 16.3 Å². The lowest BCUT2D eigenvalue weighted by Crippen LogP contribution is -2.46. The van der Waals surface area contributed by atoms with Crippen molar-refractivity contribution in [1.82, 2.24) is 4.90 Å². The maximum atomic E-state index is 12.9. The van der Waals surface area contributed by atoms with Gasteiger partial charge in [0.15, 0.2) is 5.17 Å². The van der Waals surface area contributed by atoms with E-state index in [1.807, 2.05) is 36.4 Å². The van der Waals surface area contributed by atoms with Crippen LogP contribution in [0.15, 0.2) is 52.7 Å². The zero-order chi connectivity index (χ0) is 19.8. The number of fused-ring (bicyclic) bond motifs is 2. The second-order valence-corrected chi connectivity index (χ2v) is 7.61. The van der Waals surface area contributed by atoms with Crippen molar-refractivity contribution in [1.29, 1.82) is 0 Å². The largest absolute Gasteiger partial charge is 0.496 e. The number of rotatable bonds is 3. The third-order valence-corrected chi connectivity index (χ3v) is 5.99. The SMILES string of the molecule is COC(=O)C1=C(C)N=C2SCCC(=O)N2[C@@H]1c1c(OC)ccc2ccccc12. The van der Waals surface area contributed by atoms with E-state index in [0.29, 0.717) is 34.4 Å². The van der Waals surface area contributed by atoms with Gasteiger partial charge in [-0.3, -0.25) is 9.69 Å². The van der Waals surface area contributed by atoms with Gasteiger partial charge in [-0.1, -0.05) is 42.1 Å². The minimum absolute atomic E-state index is 0.0635. The number of benzene rings is 2. The van der Waals surface area contributed by atoms with E-state index in [2.05, 4.69) is 4.99 Å². The molecule has 0 radical (unpaired) electrons. The number of methoxy groups -OCH3 is 2. The highest BCUT2D eigenvalue weighted by atomic mass is 32.2. The molecule has 0 bridgehead atoms. The van der Waals surface area contributed by atoms with Crippen molar-refractivity contribution in [3.63, 3.8) is 0 Å². The fourth-order valence-corrected chi connectivity index (χ4v) is 4.78. The van der Waals surface area contributed by atoms with Gasteiger partial charge in [-0.2, -0.15) is 0 Å². The van der Waals surface area contributed by atoms with E-state index < -0.39 is 12.0 Å². The molecule has 0 spiro atoms. The predicted octanol–water partition coefficient (Wildman–Crippen LogP) is 3.67. The molecule has 1 fully saturated rings. The Kier molecular flexibility index (Phi) is 4.85. The summed E-state index contributed by atoms with van der Waals surface area (Å²) in [5, 5.41) is 2.54. The van der Waals surface area contributed by atoms with Crippen molar-refractivity contribution < 1.29 is 19.1 Å². The molecule has 28 heavy (non-hydrogen) atoms. The molecule has 6 nitrogen and oxygen atoms in total. The average Bonchev–Trinajstić information content (AvgIpc) is 2.71. The molecule has 0 saturated carbocycles. The van der Waals surface area contributed by atoms with E-state index >= 15 is 0 Å². The molecular weight excluding hydrogens is 376 g/mol. The number of thioether (sulfide) groups is 1. The van der Waals surface area contributed by atoms with Gasteiger partial charge in [-0.25, -0.2) is 9.79 Å². The smallest absolute Gasteiger partial charge is 0.338 e. The zero-order valence-electron chi connectivity index (χ0n) is 15.9. The molecule has 0 aromatic heterocycles. The first-order valence-corrected chi connectivity index (χ1v) is 9.93. The van der Waals surface area contributed by atoms with Gasteiger partial charge in [0.1, 0.15) is 11.8 Å². The summed E-state index contributed by atoms with van der Waals surface area (Å²) in [5.74, 6) is 0.728. The Morgan fingerprint density at radius 3 is 2.75 bits per heavy atom. The standard InChI is InChI=1S/C21H20N2O4S/c1-12-17(20(25)27-3)19(23-16(24)10-11-28-21(23)22-12)18-14-7-5-4-6-13(14)8-9-15(18)26-2/h4-9,19H,10-11H2,1-3H3/t19-/m0/s1. The van der Waals surface area contributed by atoms with Crippen molar-refractivity contribution in [2.75, 3.05) is 20.0 Å². The molecule has 1 atom stereocenters. The van der Waals surface area contributed by atoms with Crippen LogP contribution in [0.5, 0.6) is 5.75 Å². The highest BCUT2D eigenvalue weighted by Crippen LogP contribution is 2.45. The summed E-state index contributed by atoms with van der Waals surface area (Å²) >= 11 is 1.52. The molecule has 0 aliphatic carbocycles. The predicted molar refractivity (Wildman–Crippen MR) is 109 cm³/mol. The molecule has 0 unspecified atom stereocenters. The van der Waals surface area contributed by atoms with E-state index in [1.54, 1.807) is 18.9 Å². The first kappa shape index (κ1) is 18.6. The highest BCUT2D eigenvalue weighted by molar-refractivity contribution is 8.14. The molecule has 1 amide bonds. The van der Waals surface area contributed by atoms with Gasteiger partial charge >= 0.3 is 5.97 Å². The van der Waals surface area contributed by atoms with Gasteiger partial charge < -0.3 is 9.47 Å². The van der Waals surface area contributed by atoms with E-state index in [4.69, 9.17) is 9.47 Å². The van der Waals surface area contributed by atoms with Gasteiger partial charge in [0.05, 0.1) is 25.5 Å². The van der Waals surface area contributed by atoms with Crippen molar-refractivity contribution in [2.45, 2.75) is 19.4 Å². The maximum Gasteiger partial charge on any atom is 0.338 e. The van der Waals surface area contributed by atoms with Crippen LogP contribution < -0.4 is 4.74 Å². The van der Waals surface area contributed by atoms with E-state index in [9.17, 15) is 9.59 Å². The fourth-order valence-electron chi connectivity index (χ4n) is 3.78. The monoisotopic (exact) mass is 396 g/mol. The summed E-state index contributed by atoms with van der Waals surface area (Å²) < 4.78 is 10.7. The molecule has 2 aromatic rings. The minimum atomic E-state index is -0.652. The van der Waals surface area contributed by atoms with Gasteiger partial charge in [0.25, 0.3) is 0 Å². The lowest BCUT2D eigenvalue weighted by atomic mass is 9.89. The molecule has 7 heteroatoms. The van der Waals surface area contributed by atoms with E-state index in [1.165, 1.54) is 18.9 Å². The van der Waals surface area contributed by atoms with Crippen LogP contribution in [0, 0.1) is 0 Å². The number of allylic oxidation sites excluding steroid dienone is 1. The molecule has 4 rings (SSSR count). The minimum Gasteiger partial charge on any atom is -0.496 e. The second-order valence-electron chi connectivity index (χ2n) is 6.55. The topological polar surface area (TPSA) is 68.2 Å². The maximum absolute atomic E-state index is 12.9. The zero-order valence-corrected chi connectivity index (χ0v) is 16.7. The summed E-state index contributed by atoms with van der Waals surface area (Å²) in [7, 11) is 2.93. The Labute approximate surface area is 167 Å².